The van der Waals surface area contributed by atoms with Crippen LogP contribution in [0.3, 0.4) is 0 Å². The second-order valence-corrected chi connectivity index (χ2v) is 4.96. The van der Waals surface area contributed by atoms with Crippen molar-refractivity contribution in [3.63, 3.8) is 0 Å². The smallest absolute Gasteiger partial charge is 0.221 e. The van der Waals surface area contributed by atoms with Gasteiger partial charge in [0.25, 0.3) is 0 Å². The van der Waals surface area contributed by atoms with E-state index >= 15 is 0 Å². The summed E-state index contributed by atoms with van der Waals surface area (Å²) in [6.07, 6.45) is 2.69. The maximum atomic E-state index is 11.8. The highest BCUT2D eigenvalue weighted by molar-refractivity contribution is 5.78. The molecule has 0 aliphatic rings. The van der Waals surface area contributed by atoms with E-state index in [1.54, 1.807) is 18.1 Å². The van der Waals surface area contributed by atoms with E-state index in [1.807, 2.05) is 24.3 Å². The van der Waals surface area contributed by atoms with Crippen molar-refractivity contribution in [3.05, 3.63) is 42.5 Å². The molecule has 0 atom stereocenters. The largest absolute Gasteiger partial charge is 0.497 e. The van der Waals surface area contributed by atoms with Crippen LogP contribution in [0.1, 0.15) is 18.9 Å². The van der Waals surface area contributed by atoms with E-state index in [0.29, 0.717) is 26.1 Å². The summed E-state index contributed by atoms with van der Waals surface area (Å²) in [4.78, 5) is 24.7. The summed E-state index contributed by atoms with van der Waals surface area (Å²) < 4.78 is 5.16. The number of rotatable bonds is 9. The van der Waals surface area contributed by atoms with Crippen molar-refractivity contribution in [1.29, 1.82) is 0 Å². The second kappa shape index (κ2) is 9.60. The summed E-state index contributed by atoms with van der Waals surface area (Å²) in [6.45, 7) is 6.53. The van der Waals surface area contributed by atoms with Crippen molar-refractivity contribution in [2.24, 2.45) is 0 Å². The first-order chi connectivity index (χ1) is 10.6. The molecular weight excluding hydrogens is 280 g/mol. The highest BCUT2D eigenvalue weighted by atomic mass is 16.5. The summed E-state index contributed by atoms with van der Waals surface area (Å²) in [5, 5.41) is 2.86. The number of methoxy groups -OCH3 is 1. The second-order valence-electron chi connectivity index (χ2n) is 4.96. The average molecular weight is 304 g/mol. The minimum absolute atomic E-state index is 0.0518. The molecule has 5 nitrogen and oxygen atoms in total. The zero-order valence-corrected chi connectivity index (χ0v) is 13.3. The Morgan fingerprint density at radius 1 is 1.41 bits per heavy atom. The zero-order chi connectivity index (χ0) is 16.4. The molecule has 0 bridgehead atoms. The molecule has 0 fully saturated rings. The predicted octanol–water partition coefficient (Wildman–Crippen LogP) is 1.78. The van der Waals surface area contributed by atoms with Gasteiger partial charge in [0.05, 0.1) is 7.11 Å². The van der Waals surface area contributed by atoms with Gasteiger partial charge >= 0.3 is 0 Å². The summed E-state index contributed by atoms with van der Waals surface area (Å²) >= 11 is 0. The molecule has 1 aromatic rings. The first kappa shape index (κ1) is 17.8. The van der Waals surface area contributed by atoms with Crippen molar-refractivity contribution in [1.82, 2.24) is 10.2 Å². The Hall–Kier alpha value is -2.30. The first-order valence-corrected chi connectivity index (χ1v) is 7.33. The van der Waals surface area contributed by atoms with Gasteiger partial charge in [-0.15, -0.1) is 6.58 Å². The molecule has 0 saturated heterocycles. The number of nitrogens with one attached hydrogen (secondary N) is 1. The van der Waals surface area contributed by atoms with E-state index in [0.717, 1.165) is 17.7 Å². The Morgan fingerprint density at radius 3 is 2.82 bits per heavy atom. The van der Waals surface area contributed by atoms with Gasteiger partial charge in [0.15, 0.2) is 0 Å². The molecule has 0 saturated carbocycles. The molecule has 0 aliphatic carbocycles. The van der Waals surface area contributed by atoms with Crippen LogP contribution in [0, 0.1) is 0 Å². The highest BCUT2D eigenvalue weighted by Crippen LogP contribution is 2.12. The number of ether oxygens (including phenoxy) is 1. The average Bonchev–Trinajstić information content (AvgIpc) is 2.51. The fourth-order valence-electron chi connectivity index (χ4n) is 2.03. The molecule has 1 N–H and O–H groups in total. The number of carbonyl (C=O) groups is 2. The molecule has 0 unspecified atom stereocenters. The van der Waals surface area contributed by atoms with Gasteiger partial charge in [-0.05, 0) is 24.1 Å². The fraction of sp³-hybridized carbons (Fsp3) is 0.412. The van der Waals surface area contributed by atoms with Crippen molar-refractivity contribution in [2.75, 3.05) is 26.7 Å². The van der Waals surface area contributed by atoms with E-state index in [2.05, 4.69) is 11.9 Å². The van der Waals surface area contributed by atoms with Gasteiger partial charge in [0.2, 0.25) is 11.8 Å². The molecule has 2 amide bonds. The minimum Gasteiger partial charge on any atom is -0.497 e. The maximum absolute atomic E-state index is 11.8. The van der Waals surface area contributed by atoms with Crippen LogP contribution in [0.2, 0.25) is 0 Å². The topological polar surface area (TPSA) is 58.6 Å². The van der Waals surface area contributed by atoms with Crippen molar-refractivity contribution >= 4 is 11.8 Å². The van der Waals surface area contributed by atoms with E-state index < -0.39 is 0 Å². The van der Waals surface area contributed by atoms with Crippen molar-refractivity contribution in [2.45, 2.75) is 19.8 Å². The number of hydrogen-bond donors (Lipinski definition) is 1. The Kier molecular flexibility index (Phi) is 7.75. The molecule has 0 spiro atoms. The van der Waals surface area contributed by atoms with Crippen LogP contribution in [0.15, 0.2) is 36.9 Å². The first-order valence-electron chi connectivity index (χ1n) is 7.33. The monoisotopic (exact) mass is 304 g/mol. The molecule has 120 valence electrons. The van der Waals surface area contributed by atoms with Crippen LogP contribution < -0.4 is 10.1 Å². The summed E-state index contributed by atoms with van der Waals surface area (Å²) in [6, 6.07) is 7.76. The van der Waals surface area contributed by atoms with E-state index in [-0.39, 0.29) is 11.8 Å². The number of amides is 2. The van der Waals surface area contributed by atoms with Crippen molar-refractivity contribution < 1.29 is 14.3 Å². The van der Waals surface area contributed by atoms with E-state index in [4.69, 9.17) is 4.74 Å². The summed E-state index contributed by atoms with van der Waals surface area (Å²) in [5.41, 5.74) is 1.11. The number of hydrogen-bond acceptors (Lipinski definition) is 3. The predicted molar refractivity (Wildman–Crippen MR) is 86.8 cm³/mol. The van der Waals surface area contributed by atoms with Crippen LogP contribution in [-0.4, -0.2) is 43.5 Å². The summed E-state index contributed by atoms with van der Waals surface area (Å²) in [5.74, 6) is 0.702. The van der Waals surface area contributed by atoms with Crippen LogP contribution in [0.5, 0.6) is 5.75 Å². The number of carbonyl (C=O) groups excluding carboxylic acids is 2. The molecule has 22 heavy (non-hydrogen) atoms. The van der Waals surface area contributed by atoms with Crippen LogP contribution in [-0.2, 0) is 16.0 Å². The Balaban J connectivity index is 2.30. The number of benzene rings is 1. The highest BCUT2D eigenvalue weighted by Gasteiger charge is 2.09. The van der Waals surface area contributed by atoms with Gasteiger partial charge in [0, 0.05) is 33.0 Å². The summed E-state index contributed by atoms with van der Waals surface area (Å²) in [7, 11) is 1.63. The normalized spacial score (nSPS) is 9.91. The molecule has 0 aliphatic heterocycles. The Bertz CT molecular complexity index is 514. The maximum Gasteiger partial charge on any atom is 0.221 e. The van der Waals surface area contributed by atoms with Crippen molar-refractivity contribution in [3.8, 4) is 5.75 Å². The van der Waals surface area contributed by atoms with Crippen LogP contribution in [0.25, 0.3) is 0 Å². The Morgan fingerprint density at radius 2 is 2.18 bits per heavy atom. The molecule has 0 aromatic heterocycles. The van der Waals surface area contributed by atoms with Gasteiger partial charge < -0.3 is 15.0 Å². The van der Waals surface area contributed by atoms with Gasteiger partial charge in [0.1, 0.15) is 5.75 Å². The zero-order valence-electron chi connectivity index (χ0n) is 13.3. The molecule has 5 heteroatoms. The van der Waals surface area contributed by atoms with Gasteiger partial charge in [-0.1, -0.05) is 18.2 Å². The lowest BCUT2D eigenvalue weighted by atomic mass is 10.1. The molecule has 1 aromatic carbocycles. The third kappa shape index (κ3) is 6.43. The SMILES string of the molecule is C=CCN(CCC(=O)NCCc1cccc(OC)c1)C(C)=O. The third-order valence-electron chi connectivity index (χ3n) is 3.27. The standard InChI is InChI=1S/C17H24N2O3/c1-4-11-19(14(2)20)12-9-17(21)18-10-8-15-6-5-7-16(13-15)22-3/h4-7,13H,1,8-12H2,2-3H3,(H,18,21). The lowest BCUT2D eigenvalue weighted by molar-refractivity contribution is -0.129. The molecule has 0 heterocycles. The molecule has 1 rings (SSSR count). The molecular formula is C17H24N2O3. The Labute approximate surface area is 132 Å². The lowest BCUT2D eigenvalue weighted by Crippen LogP contribution is -2.34. The quantitative estimate of drug-likeness (QED) is 0.708. The van der Waals surface area contributed by atoms with Gasteiger partial charge in [-0.2, -0.15) is 0 Å². The van der Waals surface area contributed by atoms with Crippen LogP contribution in [0.4, 0.5) is 0 Å². The molecule has 0 radical (unpaired) electrons. The minimum atomic E-state index is -0.0572. The van der Waals surface area contributed by atoms with Crippen LogP contribution >= 0.6 is 0 Å². The van der Waals surface area contributed by atoms with E-state index in [1.165, 1.54) is 6.92 Å². The third-order valence-corrected chi connectivity index (χ3v) is 3.27. The van der Waals surface area contributed by atoms with Gasteiger partial charge in [-0.25, -0.2) is 0 Å². The lowest BCUT2D eigenvalue weighted by Gasteiger charge is -2.18. The van der Waals surface area contributed by atoms with Gasteiger partial charge in [-0.3, -0.25) is 9.59 Å². The fourth-order valence-corrected chi connectivity index (χ4v) is 2.03. The van der Waals surface area contributed by atoms with E-state index in [9.17, 15) is 9.59 Å². The number of nitrogens with zero attached hydrogens (tertiary/aromatic N) is 1.